The monoisotopic (exact) mass is 167 g/mol. The Morgan fingerprint density at radius 2 is 2.33 bits per heavy atom. The second kappa shape index (κ2) is 3.43. The molecule has 0 aromatic rings. The number of aliphatic imine (C=N–C) groups is 1. The van der Waals surface area contributed by atoms with Gasteiger partial charge in [-0.15, -0.1) is 0 Å². The van der Waals surface area contributed by atoms with Gasteiger partial charge in [0, 0.05) is 7.05 Å². The van der Waals surface area contributed by atoms with Gasteiger partial charge in [-0.05, 0) is 18.9 Å². The number of aliphatic hydroxyl groups excluding tert-OH is 1. The van der Waals surface area contributed by atoms with Crippen LogP contribution >= 0.6 is 0 Å². The minimum Gasteiger partial charge on any atom is -0.503 e. The fraction of sp³-hybridized carbons (Fsp3) is 0.444. The third-order valence-electron chi connectivity index (χ3n) is 1.89. The van der Waals surface area contributed by atoms with E-state index in [-0.39, 0.29) is 5.76 Å². The molecule has 1 N–H and O–H groups in total. The van der Waals surface area contributed by atoms with Crippen LogP contribution in [0.1, 0.15) is 20.3 Å². The molecule has 0 fully saturated rings. The number of aliphatic hydroxyl groups is 1. The third-order valence-corrected chi connectivity index (χ3v) is 1.89. The summed E-state index contributed by atoms with van der Waals surface area (Å²) in [4.78, 5) is 3.93. The summed E-state index contributed by atoms with van der Waals surface area (Å²) in [5, 5.41) is 9.27. The lowest BCUT2D eigenvalue weighted by Gasteiger charge is -2.03. The van der Waals surface area contributed by atoms with Crippen LogP contribution < -0.4 is 0 Å². The highest BCUT2D eigenvalue weighted by atomic mass is 16.5. The normalized spacial score (nSPS) is 23.9. The number of ether oxygens (including phenoxy) is 1. The predicted molar refractivity (Wildman–Crippen MR) is 48.1 cm³/mol. The highest BCUT2D eigenvalue weighted by Gasteiger charge is 2.21. The average Bonchev–Trinajstić information content (AvgIpc) is 2.45. The predicted octanol–water partition coefficient (Wildman–Crippen LogP) is 2.17. The van der Waals surface area contributed by atoms with Crippen LogP contribution in [0.25, 0.3) is 0 Å². The molecule has 0 saturated carbocycles. The van der Waals surface area contributed by atoms with E-state index < -0.39 is 0 Å². The molecule has 0 saturated heterocycles. The zero-order valence-electron chi connectivity index (χ0n) is 7.59. The summed E-state index contributed by atoms with van der Waals surface area (Å²) in [5.41, 5.74) is 1.64. The van der Waals surface area contributed by atoms with Gasteiger partial charge in [-0.1, -0.05) is 6.92 Å². The maximum Gasteiger partial charge on any atom is 0.180 e. The summed E-state index contributed by atoms with van der Waals surface area (Å²) in [7, 11) is 1.64. The second-order valence-electron chi connectivity index (χ2n) is 2.66. The van der Waals surface area contributed by atoms with Gasteiger partial charge in [0.1, 0.15) is 12.0 Å². The van der Waals surface area contributed by atoms with Gasteiger partial charge in [0.05, 0.1) is 0 Å². The first-order valence-corrected chi connectivity index (χ1v) is 3.93. The molecule has 0 radical (unpaired) electrons. The molecule has 66 valence electrons. The molecule has 0 aliphatic carbocycles. The van der Waals surface area contributed by atoms with E-state index in [2.05, 4.69) is 4.99 Å². The standard InChI is InChI=1S/C9H13NO2/c1-4-6(2)9-8(10-3)7(11)5-12-9/h5,11H,4H2,1-3H3/b9-6+,10-8?. The van der Waals surface area contributed by atoms with Crippen LogP contribution in [0.2, 0.25) is 0 Å². The topological polar surface area (TPSA) is 41.8 Å². The Labute approximate surface area is 72.1 Å². The van der Waals surface area contributed by atoms with E-state index in [1.165, 1.54) is 6.26 Å². The van der Waals surface area contributed by atoms with Gasteiger partial charge in [-0.2, -0.15) is 0 Å². The minimum absolute atomic E-state index is 0.111. The Hall–Kier alpha value is -1.25. The van der Waals surface area contributed by atoms with E-state index in [0.717, 1.165) is 12.0 Å². The van der Waals surface area contributed by atoms with E-state index in [1.807, 2.05) is 13.8 Å². The fourth-order valence-corrected chi connectivity index (χ4v) is 1.02. The maximum absolute atomic E-state index is 9.27. The molecule has 1 heterocycles. The van der Waals surface area contributed by atoms with E-state index in [0.29, 0.717) is 11.5 Å². The number of allylic oxidation sites excluding steroid dienone is 1. The molecule has 3 heteroatoms. The maximum atomic E-state index is 9.27. The molecule has 1 aliphatic rings. The fourth-order valence-electron chi connectivity index (χ4n) is 1.02. The summed E-state index contributed by atoms with van der Waals surface area (Å²) >= 11 is 0. The highest BCUT2D eigenvalue weighted by molar-refractivity contribution is 6.11. The van der Waals surface area contributed by atoms with Crippen molar-refractivity contribution in [3.05, 3.63) is 23.4 Å². The summed E-state index contributed by atoms with van der Waals surface area (Å²) in [5.74, 6) is 0.804. The molecule has 0 atom stereocenters. The molecular weight excluding hydrogens is 154 g/mol. The molecular formula is C9H13NO2. The van der Waals surface area contributed by atoms with Gasteiger partial charge in [0.2, 0.25) is 0 Å². The average molecular weight is 167 g/mol. The van der Waals surface area contributed by atoms with Crippen LogP contribution in [0, 0.1) is 0 Å². The van der Waals surface area contributed by atoms with Crippen molar-refractivity contribution in [1.29, 1.82) is 0 Å². The van der Waals surface area contributed by atoms with Crippen LogP contribution in [0.3, 0.4) is 0 Å². The number of nitrogens with zero attached hydrogens (tertiary/aromatic N) is 1. The number of rotatable bonds is 1. The van der Waals surface area contributed by atoms with Gasteiger partial charge in [-0.25, -0.2) is 0 Å². The van der Waals surface area contributed by atoms with Crippen molar-refractivity contribution in [2.75, 3.05) is 7.05 Å². The third kappa shape index (κ3) is 1.35. The molecule has 1 aliphatic heterocycles. The SMILES string of the molecule is CC/C(C)=C1/OC=C(O)C1=NC. The second-order valence-corrected chi connectivity index (χ2v) is 2.66. The van der Waals surface area contributed by atoms with Gasteiger partial charge >= 0.3 is 0 Å². The first-order valence-electron chi connectivity index (χ1n) is 3.93. The van der Waals surface area contributed by atoms with Crippen LogP contribution in [0.15, 0.2) is 28.3 Å². The Bertz CT molecular complexity index is 274. The number of hydrogen-bond acceptors (Lipinski definition) is 3. The zero-order chi connectivity index (χ0) is 9.14. The van der Waals surface area contributed by atoms with Crippen molar-refractivity contribution in [1.82, 2.24) is 0 Å². The van der Waals surface area contributed by atoms with Gasteiger partial charge in [-0.3, -0.25) is 4.99 Å². The van der Waals surface area contributed by atoms with Crippen molar-refractivity contribution in [2.45, 2.75) is 20.3 Å². The van der Waals surface area contributed by atoms with Crippen molar-refractivity contribution >= 4 is 5.71 Å². The molecule has 0 aromatic carbocycles. The molecule has 0 aromatic heterocycles. The van der Waals surface area contributed by atoms with E-state index in [1.54, 1.807) is 7.05 Å². The Kier molecular flexibility index (Phi) is 2.53. The lowest BCUT2D eigenvalue weighted by molar-refractivity contribution is 0.362. The largest absolute Gasteiger partial charge is 0.503 e. The molecule has 3 nitrogen and oxygen atoms in total. The van der Waals surface area contributed by atoms with Gasteiger partial charge < -0.3 is 9.84 Å². The van der Waals surface area contributed by atoms with E-state index >= 15 is 0 Å². The first-order chi connectivity index (χ1) is 5.70. The molecule has 1 rings (SSSR count). The van der Waals surface area contributed by atoms with Crippen molar-refractivity contribution in [2.24, 2.45) is 4.99 Å². The summed E-state index contributed by atoms with van der Waals surface area (Å²) in [6.45, 7) is 4.00. The van der Waals surface area contributed by atoms with Gasteiger partial charge in [0.25, 0.3) is 0 Å². The Morgan fingerprint density at radius 3 is 2.83 bits per heavy atom. The molecule has 0 amide bonds. The van der Waals surface area contributed by atoms with Gasteiger partial charge in [0.15, 0.2) is 11.5 Å². The molecule has 0 unspecified atom stereocenters. The summed E-state index contributed by atoms with van der Waals surface area (Å²) < 4.78 is 5.16. The van der Waals surface area contributed by atoms with Crippen LogP contribution in [0.4, 0.5) is 0 Å². The lowest BCUT2D eigenvalue weighted by Crippen LogP contribution is -2.02. The number of hydrogen-bond donors (Lipinski definition) is 1. The van der Waals surface area contributed by atoms with Crippen LogP contribution in [0.5, 0.6) is 0 Å². The lowest BCUT2D eigenvalue weighted by atomic mass is 10.1. The van der Waals surface area contributed by atoms with Crippen LogP contribution in [-0.4, -0.2) is 17.9 Å². The summed E-state index contributed by atoms with van der Waals surface area (Å²) in [6, 6.07) is 0. The van der Waals surface area contributed by atoms with Crippen molar-refractivity contribution < 1.29 is 9.84 Å². The first kappa shape index (κ1) is 8.84. The molecule has 0 spiro atoms. The quantitative estimate of drug-likeness (QED) is 0.650. The zero-order valence-corrected chi connectivity index (χ0v) is 7.59. The molecule has 12 heavy (non-hydrogen) atoms. The van der Waals surface area contributed by atoms with Crippen molar-refractivity contribution in [3.8, 4) is 0 Å². The van der Waals surface area contributed by atoms with E-state index in [9.17, 15) is 5.11 Å². The minimum atomic E-state index is 0.111. The van der Waals surface area contributed by atoms with E-state index in [4.69, 9.17) is 4.74 Å². The summed E-state index contributed by atoms with van der Waals surface area (Å²) in [6.07, 6.45) is 2.21. The van der Waals surface area contributed by atoms with Crippen molar-refractivity contribution in [3.63, 3.8) is 0 Å². The Balaban J connectivity index is 3.02. The smallest absolute Gasteiger partial charge is 0.180 e. The highest BCUT2D eigenvalue weighted by Crippen LogP contribution is 2.21. The molecule has 0 bridgehead atoms. The Morgan fingerprint density at radius 1 is 1.67 bits per heavy atom. The van der Waals surface area contributed by atoms with Crippen LogP contribution in [-0.2, 0) is 4.74 Å².